The van der Waals surface area contributed by atoms with Gasteiger partial charge in [-0.25, -0.2) is 9.18 Å². The summed E-state index contributed by atoms with van der Waals surface area (Å²) in [5.41, 5.74) is 2.54. The van der Waals surface area contributed by atoms with Crippen molar-refractivity contribution in [2.75, 3.05) is 11.6 Å². The van der Waals surface area contributed by atoms with E-state index in [2.05, 4.69) is 17.0 Å². The van der Waals surface area contributed by atoms with E-state index in [0.717, 1.165) is 10.6 Å². The van der Waals surface area contributed by atoms with Gasteiger partial charge in [0, 0.05) is 24.2 Å². The Morgan fingerprint density at radius 2 is 1.83 bits per heavy atom. The highest BCUT2D eigenvalue weighted by Gasteiger charge is 2.26. The van der Waals surface area contributed by atoms with Crippen molar-refractivity contribution in [1.82, 2.24) is 10.2 Å². The van der Waals surface area contributed by atoms with Crippen molar-refractivity contribution < 1.29 is 18.7 Å². The van der Waals surface area contributed by atoms with E-state index >= 15 is 0 Å². The van der Waals surface area contributed by atoms with Crippen LogP contribution >= 0.6 is 23.2 Å². The molecule has 7 nitrogen and oxygen atoms in total. The lowest BCUT2D eigenvalue weighted by molar-refractivity contribution is 0.0725. The highest BCUT2D eigenvalue weighted by molar-refractivity contribution is 6.37. The van der Waals surface area contributed by atoms with Crippen LogP contribution in [0.3, 0.4) is 0 Å². The summed E-state index contributed by atoms with van der Waals surface area (Å²) in [6, 6.07) is 14.0. The molecule has 0 spiro atoms. The summed E-state index contributed by atoms with van der Waals surface area (Å²) in [5.74, 6) is 0.147. The highest BCUT2D eigenvalue weighted by atomic mass is 35.5. The molecule has 0 bridgehead atoms. The number of hydrazone groups is 1. The minimum absolute atomic E-state index is 0.172. The van der Waals surface area contributed by atoms with Crippen molar-refractivity contribution in [3.05, 3.63) is 99.4 Å². The Hall–Kier alpha value is -3.88. The number of hydrogen-bond donors (Lipinski definition) is 1. The second kappa shape index (κ2) is 9.64. The van der Waals surface area contributed by atoms with E-state index < -0.39 is 6.03 Å². The van der Waals surface area contributed by atoms with Crippen molar-refractivity contribution in [2.24, 2.45) is 5.10 Å². The third kappa shape index (κ3) is 4.65. The molecule has 182 valence electrons. The lowest BCUT2D eigenvalue weighted by Crippen LogP contribution is -2.40. The van der Waals surface area contributed by atoms with E-state index in [0.29, 0.717) is 41.2 Å². The molecule has 2 heterocycles. The molecule has 5 rings (SSSR count). The molecule has 0 unspecified atom stereocenters. The van der Waals surface area contributed by atoms with Crippen LogP contribution in [-0.4, -0.2) is 29.6 Å². The molecule has 1 N–H and O–H groups in total. The van der Waals surface area contributed by atoms with Gasteiger partial charge in [0.1, 0.15) is 11.6 Å². The minimum atomic E-state index is -0.494. The summed E-state index contributed by atoms with van der Waals surface area (Å²) in [5, 5.41) is 8.04. The van der Waals surface area contributed by atoms with Gasteiger partial charge in [-0.15, -0.1) is 0 Å². The molecule has 0 fully saturated rings. The van der Waals surface area contributed by atoms with Crippen LogP contribution in [-0.2, 0) is 13.0 Å². The zero-order valence-corrected chi connectivity index (χ0v) is 20.3. The van der Waals surface area contributed by atoms with Crippen LogP contribution in [0.1, 0.15) is 21.5 Å². The summed E-state index contributed by atoms with van der Waals surface area (Å²) in [7, 11) is 0. The molecule has 2 aliphatic rings. The van der Waals surface area contributed by atoms with Crippen molar-refractivity contribution in [1.29, 1.82) is 0 Å². The number of carbonyl (C=O) groups excluding carboxylic acids is 2. The van der Waals surface area contributed by atoms with E-state index in [1.54, 1.807) is 41.3 Å². The SMILES string of the molecule is C=C1C=NN(c2cc(Cl)c(Oc3ccc4c(c3)CCN(Cc3ccccc3F)C4=O)c(Cl)c2)C(=O)N1. The first-order chi connectivity index (χ1) is 17.3. The molecule has 3 amide bonds. The number of benzene rings is 3. The van der Waals surface area contributed by atoms with Crippen molar-refractivity contribution >= 4 is 47.0 Å². The lowest BCUT2D eigenvalue weighted by Gasteiger charge is -2.29. The van der Waals surface area contributed by atoms with Gasteiger partial charge in [0.25, 0.3) is 5.91 Å². The molecule has 3 aromatic carbocycles. The first-order valence-electron chi connectivity index (χ1n) is 11.0. The van der Waals surface area contributed by atoms with E-state index in [1.165, 1.54) is 24.4 Å². The summed E-state index contributed by atoms with van der Waals surface area (Å²) < 4.78 is 20.0. The maximum Gasteiger partial charge on any atom is 0.347 e. The number of ether oxygens (including phenoxy) is 1. The van der Waals surface area contributed by atoms with E-state index in [-0.39, 0.29) is 34.1 Å². The fraction of sp³-hybridized carbons (Fsp3) is 0.115. The summed E-state index contributed by atoms with van der Waals surface area (Å²) in [4.78, 5) is 26.8. The number of anilines is 1. The molecule has 36 heavy (non-hydrogen) atoms. The summed E-state index contributed by atoms with van der Waals surface area (Å²) in [6.45, 7) is 4.28. The second-order valence-electron chi connectivity index (χ2n) is 8.24. The van der Waals surface area contributed by atoms with E-state index in [1.807, 2.05) is 0 Å². The Morgan fingerprint density at radius 3 is 2.56 bits per heavy atom. The predicted octanol–water partition coefficient (Wildman–Crippen LogP) is 6.15. The minimum Gasteiger partial charge on any atom is -0.454 e. The van der Waals surface area contributed by atoms with Crippen LogP contribution in [0.25, 0.3) is 0 Å². The molecule has 0 radical (unpaired) electrons. The van der Waals surface area contributed by atoms with Gasteiger partial charge in [-0.2, -0.15) is 10.1 Å². The van der Waals surface area contributed by atoms with Crippen molar-refractivity contribution in [3.8, 4) is 11.5 Å². The van der Waals surface area contributed by atoms with Gasteiger partial charge in [0.05, 0.1) is 27.6 Å². The Bertz CT molecular complexity index is 1420. The Morgan fingerprint density at radius 1 is 1.08 bits per heavy atom. The zero-order valence-electron chi connectivity index (χ0n) is 18.8. The molecule has 0 atom stereocenters. The standard InChI is InChI=1S/C26H19Cl2FN4O3/c1-15-13-30-33(26(35)31-15)18-11-21(27)24(22(28)12-18)36-19-6-7-20-16(10-19)8-9-32(25(20)34)14-17-4-2-3-5-23(17)29/h2-7,10-13H,1,8-9,14H2,(H,31,35). The van der Waals surface area contributed by atoms with Crippen LogP contribution in [0.4, 0.5) is 14.9 Å². The van der Waals surface area contributed by atoms with Gasteiger partial charge in [-0.3, -0.25) is 4.79 Å². The fourth-order valence-electron chi connectivity index (χ4n) is 4.03. The van der Waals surface area contributed by atoms with Gasteiger partial charge in [0.2, 0.25) is 0 Å². The van der Waals surface area contributed by atoms with E-state index in [9.17, 15) is 14.0 Å². The van der Waals surface area contributed by atoms with Crippen LogP contribution in [0.15, 0.2) is 72.0 Å². The van der Waals surface area contributed by atoms with Crippen LogP contribution in [0, 0.1) is 5.82 Å². The molecule has 0 saturated heterocycles. The molecular weight excluding hydrogens is 506 g/mol. The van der Waals surface area contributed by atoms with Gasteiger partial charge in [-0.1, -0.05) is 48.0 Å². The number of rotatable bonds is 5. The van der Waals surface area contributed by atoms with Crippen molar-refractivity contribution in [2.45, 2.75) is 13.0 Å². The Balaban J connectivity index is 1.34. The van der Waals surface area contributed by atoms with Crippen LogP contribution in [0.2, 0.25) is 10.0 Å². The van der Waals surface area contributed by atoms with Crippen molar-refractivity contribution in [3.63, 3.8) is 0 Å². The van der Waals surface area contributed by atoms with Gasteiger partial charge in [0.15, 0.2) is 5.75 Å². The lowest BCUT2D eigenvalue weighted by atomic mass is 9.98. The number of fused-ring (bicyclic) bond motifs is 1. The summed E-state index contributed by atoms with van der Waals surface area (Å²) >= 11 is 12.9. The third-order valence-electron chi connectivity index (χ3n) is 5.80. The van der Waals surface area contributed by atoms with Gasteiger partial charge >= 0.3 is 6.03 Å². The molecule has 0 aromatic heterocycles. The normalized spacial score (nSPS) is 15.1. The average Bonchev–Trinajstić information content (AvgIpc) is 2.84. The topological polar surface area (TPSA) is 74.2 Å². The number of hydrogen-bond acceptors (Lipinski definition) is 4. The number of urea groups is 1. The number of nitrogens with one attached hydrogen (secondary N) is 1. The van der Waals surface area contributed by atoms with Crippen LogP contribution in [0.5, 0.6) is 11.5 Å². The number of carbonyl (C=O) groups is 2. The largest absolute Gasteiger partial charge is 0.454 e. The van der Waals surface area contributed by atoms with Crippen LogP contribution < -0.4 is 15.1 Å². The fourth-order valence-corrected chi connectivity index (χ4v) is 4.58. The first kappa shape index (κ1) is 23.8. The highest BCUT2D eigenvalue weighted by Crippen LogP contribution is 2.40. The number of halogens is 3. The van der Waals surface area contributed by atoms with E-state index in [4.69, 9.17) is 27.9 Å². The molecule has 3 aromatic rings. The molecule has 0 aliphatic carbocycles. The predicted molar refractivity (Wildman–Crippen MR) is 136 cm³/mol. The smallest absolute Gasteiger partial charge is 0.347 e. The maximum atomic E-state index is 14.0. The first-order valence-corrected chi connectivity index (χ1v) is 11.7. The Labute approximate surface area is 216 Å². The molecule has 10 heteroatoms. The molecule has 0 saturated carbocycles. The third-order valence-corrected chi connectivity index (χ3v) is 6.36. The number of amides is 3. The van der Waals surface area contributed by atoms with Gasteiger partial charge < -0.3 is 15.0 Å². The maximum absolute atomic E-state index is 14.0. The van der Waals surface area contributed by atoms with Gasteiger partial charge in [-0.05, 0) is 48.4 Å². The quantitative estimate of drug-likeness (QED) is 0.434. The number of nitrogens with zero attached hydrogens (tertiary/aromatic N) is 3. The molecule has 2 aliphatic heterocycles. The molecular formula is C26H19Cl2FN4O3. The zero-order chi connectivity index (χ0) is 25.4. The average molecular weight is 525 g/mol. The summed E-state index contributed by atoms with van der Waals surface area (Å²) in [6.07, 6.45) is 1.99. The Kier molecular flexibility index (Phi) is 6.38. The monoisotopic (exact) mass is 524 g/mol. The second-order valence-corrected chi connectivity index (χ2v) is 9.05. The number of allylic oxidation sites excluding steroid dienone is 1.